The molecular weight excluding hydrogens is 248 g/mol. The van der Waals surface area contributed by atoms with E-state index >= 15 is 0 Å². The van der Waals surface area contributed by atoms with E-state index in [9.17, 15) is 14.9 Å². The summed E-state index contributed by atoms with van der Waals surface area (Å²) in [6.07, 6.45) is 4.10. The molecule has 3 rings (SSSR count). The van der Waals surface area contributed by atoms with Gasteiger partial charge in [-0.1, -0.05) is 6.92 Å². The van der Waals surface area contributed by atoms with Gasteiger partial charge in [-0.15, -0.1) is 0 Å². The van der Waals surface area contributed by atoms with Crippen molar-refractivity contribution >= 4 is 11.5 Å². The molecule has 0 amide bonds. The first-order valence-electron chi connectivity index (χ1n) is 6.32. The topological polar surface area (TPSA) is 82.3 Å². The summed E-state index contributed by atoms with van der Waals surface area (Å²) < 4.78 is 5.99. The predicted molar refractivity (Wildman–Crippen MR) is 65.5 cm³/mol. The molecule has 2 fully saturated rings. The lowest BCUT2D eigenvalue weighted by Crippen LogP contribution is -2.38. The number of nitro groups is 1. The summed E-state index contributed by atoms with van der Waals surface area (Å²) in [6.45, 7) is 1.88. The minimum Gasteiger partial charge on any atom is -0.366 e. The average Bonchev–Trinajstić information content (AvgIpc) is 3.16. The average molecular weight is 262 g/mol. The molecule has 0 radical (unpaired) electrons. The van der Waals surface area contributed by atoms with Crippen LogP contribution in [-0.2, 0) is 9.53 Å². The van der Waals surface area contributed by atoms with Crippen molar-refractivity contribution < 1.29 is 14.5 Å². The Kier molecular flexibility index (Phi) is 2.63. The van der Waals surface area contributed by atoms with Crippen molar-refractivity contribution in [3.63, 3.8) is 0 Å². The quantitative estimate of drug-likeness (QED) is 0.602. The number of aromatic nitrogens is 1. The highest BCUT2D eigenvalue weighted by atomic mass is 16.6. The highest BCUT2D eigenvalue weighted by Crippen LogP contribution is 2.53. The molecule has 2 atom stereocenters. The Morgan fingerprint density at radius 2 is 2.26 bits per heavy atom. The Balaban J connectivity index is 1.95. The molecular formula is C13H14N2O4. The van der Waals surface area contributed by atoms with Gasteiger partial charge in [0.05, 0.1) is 22.2 Å². The minimum atomic E-state index is -0.519. The van der Waals surface area contributed by atoms with Gasteiger partial charge in [0, 0.05) is 18.5 Å². The number of ketones is 1. The lowest BCUT2D eigenvalue weighted by atomic mass is 9.87. The Morgan fingerprint density at radius 1 is 1.53 bits per heavy atom. The fourth-order valence-corrected chi connectivity index (χ4v) is 2.75. The number of hydrogen-bond acceptors (Lipinski definition) is 5. The summed E-state index contributed by atoms with van der Waals surface area (Å²) in [5.41, 5.74) is -0.00545. The van der Waals surface area contributed by atoms with Gasteiger partial charge in [-0.05, 0) is 18.9 Å². The molecule has 6 heteroatoms. The van der Waals surface area contributed by atoms with Gasteiger partial charge in [0.1, 0.15) is 12.0 Å². The van der Waals surface area contributed by atoms with Crippen molar-refractivity contribution in [2.75, 3.05) is 0 Å². The van der Waals surface area contributed by atoms with Crippen LogP contribution in [0, 0.1) is 16.0 Å². The van der Waals surface area contributed by atoms with Crippen molar-refractivity contribution in [2.24, 2.45) is 5.92 Å². The van der Waals surface area contributed by atoms with Gasteiger partial charge in [-0.3, -0.25) is 19.9 Å². The minimum absolute atomic E-state index is 0.0781. The first kappa shape index (κ1) is 12.2. The standard InChI is InChI=1S/C13H14N2O4/c1-8-11(16)6-12(19-13(8)3-4-13)9-2-5-14-7-10(9)15(17)18/h2,5,7-8,12H,3-4,6H2,1H3. The van der Waals surface area contributed by atoms with Crippen LogP contribution in [0.25, 0.3) is 0 Å². The molecule has 100 valence electrons. The maximum absolute atomic E-state index is 12.0. The van der Waals surface area contributed by atoms with Crippen LogP contribution in [0.5, 0.6) is 0 Å². The van der Waals surface area contributed by atoms with E-state index in [4.69, 9.17) is 4.74 Å². The van der Waals surface area contributed by atoms with Crippen LogP contribution in [0.4, 0.5) is 5.69 Å². The zero-order valence-electron chi connectivity index (χ0n) is 10.5. The fraction of sp³-hybridized carbons (Fsp3) is 0.538. The lowest BCUT2D eigenvalue weighted by molar-refractivity contribution is -0.386. The molecule has 2 heterocycles. The second-order valence-electron chi connectivity index (χ2n) is 5.25. The zero-order valence-corrected chi connectivity index (χ0v) is 10.5. The molecule has 1 saturated heterocycles. The molecule has 1 aliphatic heterocycles. The number of rotatable bonds is 2. The number of ether oxygens (including phenoxy) is 1. The van der Waals surface area contributed by atoms with Crippen LogP contribution in [0.1, 0.15) is 37.9 Å². The third-order valence-electron chi connectivity index (χ3n) is 4.15. The number of carbonyl (C=O) groups is 1. The fourth-order valence-electron chi connectivity index (χ4n) is 2.75. The number of nitrogens with zero attached hydrogens (tertiary/aromatic N) is 2. The number of pyridine rings is 1. The third kappa shape index (κ3) is 1.92. The highest BCUT2D eigenvalue weighted by molar-refractivity contribution is 5.84. The summed E-state index contributed by atoms with van der Waals surface area (Å²) >= 11 is 0. The van der Waals surface area contributed by atoms with Gasteiger partial charge in [0.2, 0.25) is 0 Å². The molecule has 19 heavy (non-hydrogen) atoms. The smallest absolute Gasteiger partial charge is 0.293 e. The second-order valence-corrected chi connectivity index (χ2v) is 5.25. The van der Waals surface area contributed by atoms with Crippen molar-refractivity contribution in [3.8, 4) is 0 Å². The molecule has 1 saturated carbocycles. The van der Waals surface area contributed by atoms with E-state index in [2.05, 4.69) is 4.98 Å². The van der Waals surface area contributed by atoms with E-state index in [-0.39, 0.29) is 29.4 Å². The van der Waals surface area contributed by atoms with Crippen LogP contribution in [0.2, 0.25) is 0 Å². The Hall–Kier alpha value is -1.82. The van der Waals surface area contributed by atoms with Crippen molar-refractivity contribution in [1.29, 1.82) is 0 Å². The molecule has 1 aliphatic carbocycles. The first-order chi connectivity index (χ1) is 9.03. The molecule has 0 N–H and O–H groups in total. The molecule has 0 aromatic carbocycles. The monoisotopic (exact) mass is 262 g/mol. The van der Waals surface area contributed by atoms with Crippen LogP contribution in [-0.4, -0.2) is 21.3 Å². The third-order valence-corrected chi connectivity index (χ3v) is 4.15. The summed E-state index contributed by atoms with van der Waals surface area (Å²) in [7, 11) is 0. The van der Waals surface area contributed by atoms with Crippen LogP contribution < -0.4 is 0 Å². The molecule has 2 aliphatic rings. The van der Waals surface area contributed by atoms with Crippen molar-refractivity contribution in [3.05, 3.63) is 34.1 Å². The second kappa shape index (κ2) is 4.09. The van der Waals surface area contributed by atoms with E-state index < -0.39 is 11.0 Å². The van der Waals surface area contributed by atoms with E-state index in [1.165, 1.54) is 12.4 Å². The van der Waals surface area contributed by atoms with E-state index in [1.807, 2.05) is 6.92 Å². The zero-order chi connectivity index (χ0) is 13.6. The number of Topliss-reactive ketones (excluding diaryl/α,β-unsaturated/α-hetero) is 1. The summed E-state index contributed by atoms with van der Waals surface area (Å²) in [5.74, 6) is 0.0181. The SMILES string of the molecule is CC1C(=O)CC(c2ccncc2[N+](=O)[O-])OC12CC2. The maximum atomic E-state index is 12.0. The highest BCUT2D eigenvalue weighted by Gasteiger charge is 2.56. The van der Waals surface area contributed by atoms with Gasteiger partial charge in [0.25, 0.3) is 5.69 Å². The largest absolute Gasteiger partial charge is 0.366 e. The van der Waals surface area contributed by atoms with Gasteiger partial charge in [-0.2, -0.15) is 0 Å². The van der Waals surface area contributed by atoms with Gasteiger partial charge < -0.3 is 4.74 Å². The Labute approximate surface area is 109 Å². The van der Waals surface area contributed by atoms with E-state index in [1.54, 1.807) is 6.07 Å². The maximum Gasteiger partial charge on any atom is 0.293 e. The Morgan fingerprint density at radius 3 is 2.89 bits per heavy atom. The van der Waals surface area contributed by atoms with Crippen LogP contribution in [0.15, 0.2) is 18.5 Å². The summed E-state index contributed by atoms with van der Waals surface area (Å²) in [5, 5.41) is 11.0. The molecule has 1 spiro atoms. The van der Waals surface area contributed by atoms with Crippen LogP contribution >= 0.6 is 0 Å². The predicted octanol–water partition coefficient (Wildman–Crippen LogP) is 2.19. The lowest BCUT2D eigenvalue weighted by Gasteiger charge is -2.34. The molecule has 0 bridgehead atoms. The number of hydrogen-bond donors (Lipinski definition) is 0. The van der Waals surface area contributed by atoms with Gasteiger partial charge in [0.15, 0.2) is 0 Å². The van der Waals surface area contributed by atoms with Crippen LogP contribution in [0.3, 0.4) is 0 Å². The van der Waals surface area contributed by atoms with Crippen molar-refractivity contribution in [2.45, 2.75) is 37.9 Å². The van der Waals surface area contributed by atoms with Gasteiger partial charge >= 0.3 is 0 Å². The summed E-state index contributed by atoms with van der Waals surface area (Å²) in [4.78, 5) is 26.3. The van der Waals surface area contributed by atoms with Gasteiger partial charge in [-0.25, -0.2) is 0 Å². The normalized spacial score (nSPS) is 28.4. The Bertz CT molecular complexity index is 553. The van der Waals surface area contributed by atoms with E-state index in [0.29, 0.717) is 5.56 Å². The first-order valence-corrected chi connectivity index (χ1v) is 6.32. The molecule has 6 nitrogen and oxygen atoms in total. The van der Waals surface area contributed by atoms with Crippen molar-refractivity contribution in [1.82, 2.24) is 4.98 Å². The number of carbonyl (C=O) groups excluding carboxylic acids is 1. The molecule has 2 unspecified atom stereocenters. The summed E-state index contributed by atoms with van der Waals surface area (Å²) in [6, 6.07) is 1.57. The van der Waals surface area contributed by atoms with E-state index in [0.717, 1.165) is 12.8 Å². The molecule has 1 aromatic rings. The molecule has 1 aromatic heterocycles.